The first kappa shape index (κ1) is 18.0. The van der Waals surface area contributed by atoms with Crippen molar-refractivity contribution in [2.75, 3.05) is 18.5 Å². The van der Waals surface area contributed by atoms with Crippen molar-refractivity contribution in [2.24, 2.45) is 7.05 Å². The predicted octanol–water partition coefficient (Wildman–Crippen LogP) is 4.80. The van der Waals surface area contributed by atoms with E-state index in [2.05, 4.69) is 41.6 Å². The molecule has 0 saturated carbocycles. The third-order valence-electron chi connectivity index (χ3n) is 6.06. The zero-order valence-corrected chi connectivity index (χ0v) is 17.5. The summed E-state index contributed by atoms with van der Waals surface area (Å²) in [6, 6.07) is 8.33. The zero-order valence-electron chi connectivity index (χ0n) is 17.5. The van der Waals surface area contributed by atoms with E-state index in [0.717, 1.165) is 46.6 Å². The van der Waals surface area contributed by atoms with Crippen molar-refractivity contribution in [1.82, 2.24) is 14.0 Å². The van der Waals surface area contributed by atoms with Gasteiger partial charge < -0.3 is 18.6 Å². The molecule has 29 heavy (non-hydrogen) atoms. The molecular weight excluding hydrogens is 367 g/mol. The average molecular weight is 392 g/mol. The Labute approximate surface area is 169 Å². The molecule has 0 N–H and O–H groups in total. The fourth-order valence-electron chi connectivity index (χ4n) is 4.61. The van der Waals surface area contributed by atoms with Gasteiger partial charge in [-0.2, -0.15) is 0 Å². The molecule has 6 heteroatoms. The molecule has 1 aliphatic rings. The van der Waals surface area contributed by atoms with Crippen molar-refractivity contribution >= 4 is 22.2 Å². The Morgan fingerprint density at radius 1 is 1.21 bits per heavy atom. The van der Waals surface area contributed by atoms with Gasteiger partial charge in [0.25, 0.3) is 0 Å². The summed E-state index contributed by atoms with van der Waals surface area (Å²) in [5.41, 5.74) is 8.50. The van der Waals surface area contributed by atoms with Crippen LogP contribution in [0.1, 0.15) is 24.0 Å². The second-order valence-electron chi connectivity index (χ2n) is 7.97. The second kappa shape index (κ2) is 6.24. The molecule has 0 aliphatic carbocycles. The predicted molar refractivity (Wildman–Crippen MR) is 115 cm³/mol. The van der Waals surface area contributed by atoms with Crippen LogP contribution in [-0.4, -0.2) is 33.9 Å². The molecule has 3 aromatic heterocycles. The Morgan fingerprint density at radius 3 is 2.76 bits per heavy atom. The number of pyridine rings is 1. The van der Waals surface area contributed by atoms with Crippen LogP contribution in [0.15, 0.2) is 30.5 Å². The maximum absolute atomic E-state index is 14.1. The van der Waals surface area contributed by atoms with Crippen molar-refractivity contribution < 1.29 is 9.13 Å². The summed E-state index contributed by atoms with van der Waals surface area (Å²) in [6.45, 7) is 6.38. The minimum atomic E-state index is -1.41. The molecule has 1 unspecified atom stereocenters. The van der Waals surface area contributed by atoms with Gasteiger partial charge in [0.05, 0.1) is 22.3 Å². The average Bonchev–Trinajstić information content (AvgIpc) is 3.14. The van der Waals surface area contributed by atoms with E-state index in [-0.39, 0.29) is 0 Å². The minimum absolute atomic E-state index is 0.553. The molecule has 1 aliphatic heterocycles. The van der Waals surface area contributed by atoms with Crippen LogP contribution >= 0.6 is 0 Å². The van der Waals surface area contributed by atoms with Gasteiger partial charge in [0, 0.05) is 51.1 Å². The largest absolute Gasteiger partial charge is 0.460 e. The highest BCUT2D eigenvalue weighted by molar-refractivity contribution is 6.05. The molecule has 4 aromatic rings. The van der Waals surface area contributed by atoms with Crippen LogP contribution in [-0.2, 0) is 13.5 Å². The van der Waals surface area contributed by atoms with Gasteiger partial charge in [0.2, 0.25) is 6.36 Å². The molecule has 1 aromatic carbocycles. The maximum Gasteiger partial charge on any atom is 0.235 e. The molecule has 0 spiro atoms. The smallest absolute Gasteiger partial charge is 0.235 e. The first-order valence-corrected chi connectivity index (χ1v) is 9.98. The first-order chi connectivity index (χ1) is 13.9. The molecule has 5 nitrogen and oxygen atoms in total. The van der Waals surface area contributed by atoms with E-state index in [1.807, 2.05) is 30.7 Å². The fourth-order valence-corrected chi connectivity index (χ4v) is 4.61. The Hall–Kier alpha value is -3.02. The van der Waals surface area contributed by atoms with Crippen molar-refractivity contribution in [3.05, 3.63) is 47.5 Å². The van der Waals surface area contributed by atoms with E-state index in [4.69, 9.17) is 9.72 Å². The Morgan fingerprint density at radius 2 is 2.00 bits per heavy atom. The van der Waals surface area contributed by atoms with Crippen molar-refractivity contribution in [1.29, 1.82) is 0 Å². The molecule has 1 atom stereocenters. The van der Waals surface area contributed by atoms with Crippen LogP contribution in [0.2, 0.25) is 0 Å². The van der Waals surface area contributed by atoms with Crippen molar-refractivity contribution in [3.8, 4) is 16.9 Å². The lowest BCUT2D eigenvalue weighted by Crippen LogP contribution is -2.23. The maximum atomic E-state index is 14.1. The molecule has 0 saturated heterocycles. The highest BCUT2D eigenvalue weighted by Gasteiger charge is 2.27. The number of halogens is 1. The van der Waals surface area contributed by atoms with Gasteiger partial charge in [-0.05, 0) is 38.0 Å². The normalized spacial score (nSPS) is 14.8. The summed E-state index contributed by atoms with van der Waals surface area (Å²) < 4.78 is 24.1. The van der Waals surface area contributed by atoms with Crippen LogP contribution in [0.25, 0.3) is 27.7 Å². The van der Waals surface area contributed by atoms with Crippen LogP contribution in [0.3, 0.4) is 0 Å². The number of aryl methyl sites for hydroxylation is 3. The van der Waals surface area contributed by atoms with E-state index in [1.54, 1.807) is 0 Å². The third-order valence-corrected chi connectivity index (χ3v) is 6.06. The summed E-state index contributed by atoms with van der Waals surface area (Å²) in [6.07, 6.45) is 1.61. The van der Waals surface area contributed by atoms with Gasteiger partial charge in [-0.3, -0.25) is 0 Å². The van der Waals surface area contributed by atoms with Crippen LogP contribution < -0.4 is 9.64 Å². The number of anilines is 1. The van der Waals surface area contributed by atoms with Gasteiger partial charge in [-0.25, -0.2) is 9.37 Å². The molecular formula is C23H25FN4O. The summed E-state index contributed by atoms with van der Waals surface area (Å²) in [5, 5.41) is 0. The number of alkyl halides is 1. The molecule has 5 rings (SSSR count). The summed E-state index contributed by atoms with van der Waals surface area (Å²) in [4.78, 5) is 7.09. The van der Waals surface area contributed by atoms with E-state index < -0.39 is 6.36 Å². The highest BCUT2D eigenvalue weighted by atomic mass is 19.1. The monoisotopic (exact) mass is 392 g/mol. The van der Waals surface area contributed by atoms with Gasteiger partial charge in [-0.1, -0.05) is 6.07 Å². The summed E-state index contributed by atoms with van der Waals surface area (Å²) in [5.74, 6) is 1.47. The van der Waals surface area contributed by atoms with E-state index in [9.17, 15) is 4.39 Å². The number of rotatable bonds is 2. The topological polar surface area (TPSA) is 34.7 Å². The van der Waals surface area contributed by atoms with Crippen LogP contribution in [0.4, 0.5) is 10.1 Å². The summed E-state index contributed by atoms with van der Waals surface area (Å²) >= 11 is 0. The van der Waals surface area contributed by atoms with Crippen molar-refractivity contribution in [3.63, 3.8) is 0 Å². The number of ether oxygens (including phenoxy) is 1. The van der Waals surface area contributed by atoms with Gasteiger partial charge in [-0.15, -0.1) is 0 Å². The second-order valence-corrected chi connectivity index (χ2v) is 7.97. The van der Waals surface area contributed by atoms with E-state index in [1.165, 1.54) is 23.7 Å². The van der Waals surface area contributed by atoms with E-state index in [0.29, 0.717) is 5.75 Å². The standard InChI is InChI=1S/C23H25FN4O/c1-13-11-16-8-10-26(4)23-20(17-7-6-9-28(13)22(16)17)19(29-14(2)24)12-18-21(23)25-15(3)27(18)5/h6-7,9,11-12,14H,8,10H2,1-5H3. The Kier molecular flexibility index (Phi) is 3.88. The van der Waals surface area contributed by atoms with E-state index >= 15 is 0 Å². The third kappa shape index (κ3) is 2.55. The lowest BCUT2D eigenvalue weighted by Gasteiger charge is -2.28. The molecule has 0 fully saturated rings. The molecule has 4 heterocycles. The SMILES string of the molecule is Cc1nc2c3c(c(OC(C)F)cc2n1C)-c1cccn2c(C)cc(c12)CCN3C. The number of aromatic nitrogens is 3. The quantitative estimate of drug-likeness (QED) is 0.492. The molecule has 0 amide bonds. The Bertz CT molecular complexity index is 1270. The first-order valence-electron chi connectivity index (χ1n) is 9.98. The van der Waals surface area contributed by atoms with Crippen LogP contribution in [0, 0.1) is 13.8 Å². The Balaban J connectivity index is 1.98. The lowest BCUT2D eigenvalue weighted by atomic mass is 9.96. The molecule has 150 valence electrons. The zero-order chi connectivity index (χ0) is 20.4. The number of nitrogens with zero attached hydrogens (tertiary/aromatic N) is 4. The molecule has 0 radical (unpaired) electrons. The molecule has 0 bridgehead atoms. The number of hydrogen-bond donors (Lipinski definition) is 0. The number of fused-ring (bicyclic) bond motifs is 4. The number of hydrogen-bond acceptors (Lipinski definition) is 3. The summed E-state index contributed by atoms with van der Waals surface area (Å²) in [7, 11) is 4.07. The van der Waals surface area contributed by atoms with Gasteiger partial charge in [0.1, 0.15) is 17.1 Å². The van der Waals surface area contributed by atoms with Gasteiger partial charge >= 0.3 is 0 Å². The van der Waals surface area contributed by atoms with Crippen molar-refractivity contribution in [2.45, 2.75) is 33.5 Å². The minimum Gasteiger partial charge on any atom is -0.460 e. The number of benzene rings is 1. The number of likely N-dealkylation sites (N-methyl/N-ethyl adjacent to an activating group) is 1. The fraction of sp³-hybridized carbons (Fsp3) is 0.348. The van der Waals surface area contributed by atoms with Crippen LogP contribution in [0.5, 0.6) is 5.75 Å². The lowest BCUT2D eigenvalue weighted by molar-refractivity contribution is 0.0868. The highest BCUT2D eigenvalue weighted by Crippen LogP contribution is 2.47. The number of imidazole rings is 1. The van der Waals surface area contributed by atoms with Gasteiger partial charge in [0.15, 0.2) is 0 Å².